The number of rotatable bonds is 2. The van der Waals surface area contributed by atoms with Gasteiger partial charge in [0, 0.05) is 16.2 Å². The van der Waals surface area contributed by atoms with Gasteiger partial charge in [-0.25, -0.2) is 4.98 Å². The van der Waals surface area contributed by atoms with Gasteiger partial charge in [-0.1, -0.05) is 15.9 Å². The third-order valence-corrected chi connectivity index (χ3v) is 3.92. The van der Waals surface area contributed by atoms with Crippen molar-refractivity contribution in [3.05, 3.63) is 50.5 Å². The van der Waals surface area contributed by atoms with Gasteiger partial charge < -0.3 is 0 Å². The number of fused-ring (bicyclic) bond motifs is 1. The molecule has 0 amide bonds. The normalized spacial score (nSPS) is 14.2. The Morgan fingerprint density at radius 1 is 1.32 bits per heavy atom. The Morgan fingerprint density at radius 2 is 2.11 bits per heavy atom. The van der Waals surface area contributed by atoms with Gasteiger partial charge in [0.2, 0.25) is 0 Å². The first kappa shape index (κ1) is 12.3. The summed E-state index contributed by atoms with van der Waals surface area (Å²) in [4.78, 5) is 15.2. The first-order valence-electron chi connectivity index (χ1n) is 6.16. The molecule has 0 atom stereocenters. The topological polar surface area (TPSA) is 61.0 Å². The highest BCUT2D eigenvalue weighted by molar-refractivity contribution is 9.10. The number of benzene rings is 1. The Morgan fingerprint density at radius 3 is 2.89 bits per heavy atom. The summed E-state index contributed by atoms with van der Waals surface area (Å²) in [7, 11) is 0. The highest BCUT2D eigenvalue weighted by Gasteiger charge is 2.21. The van der Waals surface area contributed by atoms with E-state index in [9.17, 15) is 10.1 Å². The number of nitrogens with zero attached hydrogens (tertiary/aromatic N) is 3. The zero-order valence-electron chi connectivity index (χ0n) is 10.2. The average molecular weight is 322 g/mol. The number of nitro groups is 1. The van der Waals surface area contributed by atoms with Crippen LogP contribution in [0.2, 0.25) is 0 Å². The summed E-state index contributed by atoms with van der Waals surface area (Å²) in [5, 5.41) is 11.2. The molecule has 3 rings (SSSR count). The van der Waals surface area contributed by atoms with E-state index < -0.39 is 0 Å². The van der Waals surface area contributed by atoms with Gasteiger partial charge in [0.25, 0.3) is 5.69 Å². The minimum absolute atomic E-state index is 0.0974. The van der Waals surface area contributed by atoms with Crippen LogP contribution >= 0.6 is 15.9 Å². The van der Waals surface area contributed by atoms with Gasteiger partial charge in [-0.15, -0.1) is 0 Å². The maximum atomic E-state index is 11.2. The molecule has 0 saturated carbocycles. The number of nitro benzene ring substituents is 1. The molecule has 0 radical (unpaired) electrons. The monoisotopic (exact) mass is 321 g/mol. The van der Waals surface area contributed by atoms with Crippen molar-refractivity contribution >= 4 is 21.6 Å². The molecule has 0 aliphatic heterocycles. The molecule has 1 heterocycles. The van der Waals surface area contributed by atoms with Crippen molar-refractivity contribution in [1.29, 1.82) is 0 Å². The maximum absolute atomic E-state index is 11.2. The predicted octanol–water partition coefficient (Wildman–Crippen LogP) is 3.42. The van der Waals surface area contributed by atoms with Crippen molar-refractivity contribution in [3.8, 4) is 5.69 Å². The minimum atomic E-state index is -0.352. The summed E-state index contributed by atoms with van der Waals surface area (Å²) in [6.07, 6.45) is 5.86. The van der Waals surface area contributed by atoms with E-state index in [-0.39, 0.29) is 10.6 Å². The molecule has 2 aromatic rings. The molecule has 1 aromatic carbocycles. The van der Waals surface area contributed by atoms with Crippen LogP contribution in [0.5, 0.6) is 0 Å². The summed E-state index contributed by atoms with van der Waals surface area (Å²) < 4.78 is 2.57. The molecule has 19 heavy (non-hydrogen) atoms. The van der Waals surface area contributed by atoms with E-state index in [0.717, 1.165) is 37.1 Å². The van der Waals surface area contributed by atoms with Gasteiger partial charge in [-0.05, 0) is 37.8 Å². The third kappa shape index (κ3) is 2.16. The zero-order chi connectivity index (χ0) is 13.4. The fraction of sp³-hybridized carbons (Fsp3) is 0.308. The van der Waals surface area contributed by atoms with E-state index >= 15 is 0 Å². The Hall–Kier alpha value is -1.69. The van der Waals surface area contributed by atoms with Crippen LogP contribution in [0.4, 0.5) is 5.69 Å². The molecule has 1 aliphatic rings. The summed E-state index contributed by atoms with van der Waals surface area (Å²) in [5.41, 5.74) is 2.86. The van der Waals surface area contributed by atoms with E-state index in [4.69, 9.17) is 0 Å². The molecule has 6 heteroatoms. The van der Waals surface area contributed by atoms with E-state index in [0.29, 0.717) is 10.2 Å². The summed E-state index contributed by atoms with van der Waals surface area (Å²) >= 11 is 3.27. The lowest BCUT2D eigenvalue weighted by Crippen LogP contribution is -2.08. The van der Waals surface area contributed by atoms with Crippen molar-refractivity contribution in [3.63, 3.8) is 0 Å². The fourth-order valence-corrected chi connectivity index (χ4v) is 2.87. The van der Waals surface area contributed by atoms with E-state index in [2.05, 4.69) is 20.9 Å². The Kier molecular flexibility index (Phi) is 3.10. The van der Waals surface area contributed by atoms with Crippen molar-refractivity contribution in [1.82, 2.24) is 9.55 Å². The standard InChI is InChI=1S/C13H12BrN3O2/c14-9-5-6-12(13(7-9)17(18)19)16-8-15-10-3-1-2-4-11(10)16/h5-8H,1-4H2. The molecular formula is C13H12BrN3O2. The van der Waals surface area contributed by atoms with E-state index in [1.165, 1.54) is 6.07 Å². The van der Waals surface area contributed by atoms with Crippen LogP contribution < -0.4 is 0 Å². The Balaban J connectivity index is 2.17. The average Bonchev–Trinajstić information content (AvgIpc) is 2.82. The maximum Gasteiger partial charge on any atom is 0.294 e. The lowest BCUT2D eigenvalue weighted by atomic mass is 10.0. The first-order chi connectivity index (χ1) is 9.16. The molecular weight excluding hydrogens is 310 g/mol. The molecule has 0 saturated heterocycles. The molecule has 0 fully saturated rings. The second-order valence-electron chi connectivity index (χ2n) is 4.61. The Bertz CT molecular complexity index is 651. The molecule has 1 aliphatic carbocycles. The lowest BCUT2D eigenvalue weighted by Gasteiger charge is -2.14. The van der Waals surface area contributed by atoms with Crippen LogP contribution in [-0.2, 0) is 12.8 Å². The lowest BCUT2D eigenvalue weighted by molar-refractivity contribution is -0.384. The van der Waals surface area contributed by atoms with Crippen LogP contribution in [0.1, 0.15) is 24.2 Å². The number of hydrogen-bond acceptors (Lipinski definition) is 3. The van der Waals surface area contributed by atoms with Crippen molar-refractivity contribution in [2.45, 2.75) is 25.7 Å². The first-order valence-corrected chi connectivity index (χ1v) is 6.95. The van der Waals surface area contributed by atoms with Gasteiger partial charge in [-0.3, -0.25) is 14.7 Å². The SMILES string of the molecule is O=[N+]([O-])c1cc(Br)ccc1-n1cnc2c1CCCC2. The van der Waals surface area contributed by atoms with Gasteiger partial charge in [0.15, 0.2) is 0 Å². The van der Waals surface area contributed by atoms with Crippen LogP contribution in [0, 0.1) is 10.1 Å². The highest BCUT2D eigenvalue weighted by atomic mass is 79.9. The summed E-state index contributed by atoms with van der Waals surface area (Å²) in [5.74, 6) is 0. The molecule has 0 unspecified atom stereocenters. The van der Waals surface area contributed by atoms with Gasteiger partial charge in [0.1, 0.15) is 5.69 Å². The van der Waals surface area contributed by atoms with Crippen LogP contribution in [0.3, 0.4) is 0 Å². The van der Waals surface area contributed by atoms with Crippen molar-refractivity contribution in [2.75, 3.05) is 0 Å². The second-order valence-corrected chi connectivity index (χ2v) is 5.52. The Labute approximate surface area is 118 Å². The fourth-order valence-electron chi connectivity index (χ4n) is 2.52. The number of hydrogen-bond donors (Lipinski definition) is 0. The number of aromatic nitrogens is 2. The summed E-state index contributed by atoms with van der Waals surface area (Å²) in [6.45, 7) is 0. The highest BCUT2D eigenvalue weighted by Crippen LogP contribution is 2.30. The number of halogens is 1. The molecule has 98 valence electrons. The minimum Gasteiger partial charge on any atom is -0.297 e. The van der Waals surface area contributed by atoms with Crippen LogP contribution in [0.15, 0.2) is 29.0 Å². The van der Waals surface area contributed by atoms with Crippen molar-refractivity contribution in [2.24, 2.45) is 0 Å². The smallest absolute Gasteiger partial charge is 0.294 e. The van der Waals surface area contributed by atoms with Gasteiger partial charge in [0.05, 0.1) is 16.9 Å². The number of imidazole rings is 1. The van der Waals surface area contributed by atoms with Crippen LogP contribution in [0.25, 0.3) is 5.69 Å². The summed E-state index contributed by atoms with van der Waals surface area (Å²) in [6, 6.07) is 5.11. The van der Waals surface area contributed by atoms with Crippen LogP contribution in [-0.4, -0.2) is 14.5 Å². The van der Waals surface area contributed by atoms with E-state index in [1.54, 1.807) is 12.4 Å². The van der Waals surface area contributed by atoms with E-state index in [1.807, 2.05) is 10.6 Å². The zero-order valence-corrected chi connectivity index (χ0v) is 11.8. The molecule has 1 aromatic heterocycles. The predicted molar refractivity (Wildman–Crippen MR) is 74.6 cm³/mol. The third-order valence-electron chi connectivity index (χ3n) is 3.42. The second kappa shape index (κ2) is 4.77. The molecule has 5 nitrogen and oxygen atoms in total. The molecule has 0 N–H and O–H groups in total. The largest absolute Gasteiger partial charge is 0.297 e. The van der Waals surface area contributed by atoms with Crippen molar-refractivity contribution < 1.29 is 4.92 Å². The van der Waals surface area contributed by atoms with Gasteiger partial charge in [-0.2, -0.15) is 0 Å². The van der Waals surface area contributed by atoms with Gasteiger partial charge >= 0.3 is 0 Å². The molecule has 0 bridgehead atoms. The quantitative estimate of drug-likeness (QED) is 0.629. The molecule has 0 spiro atoms. The number of aryl methyl sites for hydroxylation is 1.